The van der Waals surface area contributed by atoms with Gasteiger partial charge in [0.05, 0.1) is 22.1 Å². The highest BCUT2D eigenvalue weighted by molar-refractivity contribution is 6.14. The lowest BCUT2D eigenvalue weighted by Gasteiger charge is -2.12. The fourth-order valence-corrected chi connectivity index (χ4v) is 13.4. The van der Waals surface area contributed by atoms with Crippen molar-refractivity contribution in [1.29, 1.82) is 0 Å². The molecule has 0 saturated carbocycles. The first-order valence-corrected chi connectivity index (χ1v) is 29.7. The smallest absolute Gasteiger partial charge is 0.164 e. The number of benzene rings is 13. The summed E-state index contributed by atoms with van der Waals surface area (Å²) < 4.78 is 17.8. The number of hydrogen-bond donors (Lipinski definition) is 0. The highest BCUT2D eigenvalue weighted by Crippen LogP contribution is 2.42. The van der Waals surface area contributed by atoms with E-state index in [1.807, 2.05) is 24.3 Å². The van der Waals surface area contributed by atoms with Crippen LogP contribution in [0.3, 0.4) is 0 Å². The Labute approximate surface area is 504 Å². The van der Waals surface area contributed by atoms with Crippen molar-refractivity contribution < 1.29 is 8.83 Å². The topological polar surface area (TPSA) is 74.8 Å². The van der Waals surface area contributed by atoms with Crippen LogP contribution in [0.1, 0.15) is 0 Å². The average Bonchev–Trinajstić information content (AvgIpc) is 2.59. The zero-order valence-corrected chi connectivity index (χ0v) is 47.3. The van der Waals surface area contributed by atoms with Gasteiger partial charge in [-0.3, -0.25) is 0 Å². The van der Waals surface area contributed by atoms with Crippen molar-refractivity contribution in [3.8, 4) is 90.0 Å². The minimum absolute atomic E-state index is 0.540. The van der Waals surface area contributed by atoms with Gasteiger partial charge in [-0.05, 0) is 154 Å². The van der Waals surface area contributed by atoms with Crippen LogP contribution >= 0.6 is 0 Å². The van der Waals surface area contributed by atoms with Crippen molar-refractivity contribution in [3.05, 3.63) is 297 Å². The summed E-state index contributed by atoms with van der Waals surface area (Å²) in [5.74, 6) is 1.65. The Balaban J connectivity index is 0.747. The molecule has 18 rings (SSSR count). The van der Waals surface area contributed by atoms with E-state index in [-0.39, 0.29) is 0 Å². The third kappa shape index (κ3) is 8.09. The van der Waals surface area contributed by atoms with Crippen LogP contribution in [-0.2, 0) is 0 Å². The number of fused-ring (bicyclic) bond motifs is 12. The summed E-state index contributed by atoms with van der Waals surface area (Å²) in [5, 5.41) is 8.95. The maximum Gasteiger partial charge on any atom is 0.164 e. The second-order valence-corrected chi connectivity index (χ2v) is 22.7. The number of hydrogen-bond acceptors (Lipinski definition) is 5. The molecule has 0 aliphatic heterocycles. The van der Waals surface area contributed by atoms with Gasteiger partial charge in [-0.15, -0.1) is 0 Å². The summed E-state index contributed by atoms with van der Waals surface area (Å²) in [6.07, 6.45) is 0. The van der Waals surface area contributed by atoms with Gasteiger partial charge in [0.25, 0.3) is 0 Å². The monoisotopic (exact) mass is 1120 g/mol. The van der Waals surface area contributed by atoms with Crippen LogP contribution in [0.25, 0.3) is 178 Å². The van der Waals surface area contributed by atoms with Crippen molar-refractivity contribution >= 4 is 87.5 Å². The summed E-state index contributed by atoms with van der Waals surface area (Å²) in [7, 11) is 0. The summed E-state index contributed by atoms with van der Waals surface area (Å²) in [4.78, 5) is 16.2. The van der Waals surface area contributed by atoms with E-state index in [1.54, 1.807) is 0 Å². The molecule has 13 aromatic carbocycles. The molecule has 7 nitrogen and oxygen atoms in total. The summed E-state index contributed by atoms with van der Waals surface area (Å²) >= 11 is 0. The minimum atomic E-state index is 0.540. The van der Waals surface area contributed by atoms with Crippen LogP contribution in [0.5, 0.6) is 0 Å². The van der Waals surface area contributed by atoms with Crippen LogP contribution in [0, 0.1) is 0 Å². The lowest BCUT2D eigenvalue weighted by molar-refractivity contribution is 0.668. The lowest BCUT2D eigenvalue weighted by atomic mass is 9.95. The largest absolute Gasteiger partial charge is 0.456 e. The van der Waals surface area contributed by atoms with E-state index in [9.17, 15) is 0 Å². The molecule has 7 heteroatoms. The molecule has 0 N–H and O–H groups in total. The maximum atomic E-state index is 6.72. The van der Waals surface area contributed by atoms with E-state index in [4.69, 9.17) is 23.8 Å². The first kappa shape index (κ1) is 49.5. The first-order chi connectivity index (χ1) is 43.6. The Morgan fingerprint density at radius 3 is 1.30 bits per heavy atom. The molecule has 410 valence electrons. The standard InChI is InChI=1S/C81H49N5O2/c1-2-24-60(25-3-1)85-72-34-10-6-29-64(72)68-47-55(38-41-73(68)85)52-19-12-17-50(43-52)51-18-13-20-53(44-51)56-39-42-75-69(48-56)78-67(31-16-36-76(78)87-75)81-83-79(58-22-14-21-54(45-58)57-37-40-66-65-30-7-11-35-74(65)88-77(66)49-57)82-80(84-81)59-23-15-26-61(46-59)86-70-32-8-4-27-62(70)63-28-5-9-33-71(63)86/h1-49H. The highest BCUT2D eigenvalue weighted by atomic mass is 16.3. The van der Waals surface area contributed by atoms with Gasteiger partial charge >= 0.3 is 0 Å². The zero-order chi connectivity index (χ0) is 57.8. The van der Waals surface area contributed by atoms with E-state index >= 15 is 0 Å². The van der Waals surface area contributed by atoms with Gasteiger partial charge in [-0.2, -0.15) is 0 Å². The van der Waals surface area contributed by atoms with Gasteiger partial charge in [-0.1, -0.05) is 188 Å². The van der Waals surface area contributed by atoms with E-state index in [0.717, 1.165) is 122 Å². The normalized spacial score (nSPS) is 11.9. The van der Waals surface area contributed by atoms with Gasteiger partial charge in [0.1, 0.15) is 22.3 Å². The molecule has 0 aliphatic carbocycles. The Bertz CT molecular complexity index is 5790. The number of furan rings is 2. The van der Waals surface area contributed by atoms with Crippen molar-refractivity contribution in [2.45, 2.75) is 0 Å². The van der Waals surface area contributed by atoms with Crippen LogP contribution in [0.2, 0.25) is 0 Å². The van der Waals surface area contributed by atoms with E-state index < -0.39 is 0 Å². The predicted octanol–water partition coefficient (Wildman–Crippen LogP) is 21.5. The number of nitrogens with zero attached hydrogens (tertiary/aromatic N) is 5. The molecule has 0 saturated heterocycles. The molecule has 0 atom stereocenters. The van der Waals surface area contributed by atoms with Crippen molar-refractivity contribution in [3.63, 3.8) is 0 Å². The molecular weight excluding hydrogens is 1070 g/mol. The molecule has 0 amide bonds. The lowest BCUT2D eigenvalue weighted by Crippen LogP contribution is -2.01. The van der Waals surface area contributed by atoms with Gasteiger partial charge in [0, 0.05) is 71.2 Å². The first-order valence-electron chi connectivity index (χ1n) is 29.7. The van der Waals surface area contributed by atoms with Gasteiger partial charge in [0.2, 0.25) is 0 Å². The number of para-hydroxylation sites is 5. The fraction of sp³-hybridized carbons (Fsp3) is 0. The molecule has 0 unspecified atom stereocenters. The summed E-state index contributed by atoms with van der Waals surface area (Å²) in [6, 6.07) is 105. The molecule has 18 aromatic rings. The van der Waals surface area contributed by atoms with Crippen LogP contribution in [-0.4, -0.2) is 24.1 Å². The Morgan fingerprint density at radius 2 is 0.625 bits per heavy atom. The molecule has 0 fully saturated rings. The third-order valence-corrected chi connectivity index (χ3v) is 17.6. The molecular formula is C81H49N5O2. The fourth-order valence-electron chi connectivity index (χ4n) is 13.4. The molecule has 0 radical (unpaired) electrons. The van der Waals surface area contributed by atoms with Gasteiger partial charge in [0.15, 0.2) is 17.5 Å². The number of rotatable bonds is 9. The van der Waals surface area contributed by atoms with Crippen molar-refractivity contribution in [2.24, 2.45) is 0 Å². The maximum absolute atomic E-state index is 6.72. The third-order valence-electron chi connectivity index (χ3n) is 17.6. The van der Waals surface area contributed by atoms with E-state index in [1.165, 1.54) is 38.1 Å². The zero-order valence-electron chi connectivity index (χ0n) is 47.3. The van der Waals surface area contributed by atoms with Crippen LogP contribution < -0.4 is 0 Å². The molecule has 5 aromatic heterocycles. The SMILES string of the molecule is c1ccc(-n2c3ccccc3c3cc(-c4cccc(-c5cccc(-c6ccc7oc8cccc(-c9nc(-c%10cccc(-c%11ccc%12c(c%11)oc%11ccccc%11%12)c%10)nc(-c%10cccc(-n%11c%12ccccc%12c%12ccccc%12%11)c%10)n9)c8c7c6)c5)c4)ccc32)cc1. The Morgan fingerprint density at radius 1 is 0.216 bits per heavy atom. The van der Waals surface area contributed by atoms with Crippen molar-refractivity contribution in [1.82, 2.24) is 24.1 Å². The Kier molecular flexibility index (Phi) is 11.2. The van der Waals surface area contributed by atoms with Crippen LogP contribution in [0.15, 0.2) is 306 Å². The van der Waals surface area contributed by atoms with Crippen LogP contribution in [0.4, 0.5) is 0 Å². The minimum Gasteiger partial charge on any atom is -0.456 e. The predicted molar refractivity (Wildman–Crippen MR) is 361 cm³/mol. The number of aromatic nitrogens is 5. The molecule has 0 aliphatic rings. The second kappa shape index (κ2) is 19.8. The molecule has 0 bridgehead atoms. The Hall–Kier alpha value is -11.9. The molecule has 88 heavy (non-hydrogen) atoms. The second-order valence-electron chi connectivity index (χ2n) is 22.7. The van der Waals surface area contributed by atoms with Gasteiger partial charge in [-0.25, -0.2) is 15.0 Å². The summed E-state index contributed by atoms with van der Waals surface area (Å²) in [5.41, 5.74) is 21.4. The van der Waals surface area contributed by atoms with E-state index in [0.29, 0.717) is 17.5 Å². The van der Waals surface area contributed by atoms with E-state index in [2.05, 4.69) is 282 Å². The molecule has 0 spiro atoms. The van der Waals surface area contributed by atoms with Gasteiger partial charge < -0.3 is 18.0 Å². The van der Waals surface area contributed by atoms with Crippen molar-refractivity contribution in [2.75, 3.05) is 0 Å². The molecule has 5 heterocycles. The summed E-state index contributed by atoms with van der Waals surface area (Å²) in [6.45, 7) is 0. The highest BCUT2D eigenvalue weighted by Gasteiger charge is 2.21. The quantitative estimate of drug-likeness (QED) is 0.144. The average molecular weight is 1120 g/mol.